The molecule has 1 rings (SSSR count). The zero-order chi connectivity index (χ0) is 13.4. The number of terminal acetylenes is 1. The van der Waals surface area contributed by atoms with Gasteiger partial charge >= 0.3 is 0 Å². The van der Waals surface area contributed by atoms with E-state index in [0.29, 0.717) is 35.3 Å². The van der Waals surface area contributed by atoms with Crippen LogP contribution >= 0.6 is 23.2 Å². The highest BCUT2D eigenvalue weighted by atomic mass is 35.5. The van der Waals surface area contributed by atoms with Gasteiger partial charge in [0, 0.05) is 25.6 Å². The summed E-state index contributed by atoms with van der Waals surface area (Å²) in [6.07, 6.45) is 5.15. The van der Waals surface area contributed by atoms with Crippen LogP contribution in [-0.4, -0.2) is 30.9 Å². The van der Waals surface area contributed by atoms with Crippen molar-refractivity contribution in [3.63, 3.8) is 0 Å². The largest absolute Gasteiger partial charge is 0.491 e. The Kier molecular flexibility index (Phi) is 6.92. The van der Waals surface area contributed by atoms with Crippen LogP contribution in [0.25, 0.3) is 0 Å². The Balaban J connectivity index is 2.27. The van der Waals surface area contributed by atoms with Crippen LogP contribution < -0.4 is 10.1 Å². The SMILES string of the molecule is C#CCCNCC(O)COc1ccc(Cl)c(Cl)c1. The number of nitrogens with one attached hydrogen (secondary N) is 1. The molecule has 1 unspecified atom stereocenters. The summed E-state index contributed by atoms with van der Waals surface area (Å²) in [7, 11) is 0. The fourth-order valence-corrected chi connectivity index (χ4v) is 1.54. The Morgan fingerprint density at radius 1 is 1.39 bits per heavy atom. The molecule has 0 saturated carbocycles. The molecule has 1 aromatic rings. The zero-order valence-electron chi connectivity index (χ0n) is 9.83. The molecule has 0 amide bonds. The van der Waals surface area contributed by atoms with Crippen molar-refractivity contribution in [3.8, 4) is 18.1 Å². The highest BCUT2D eigenvalue weighted by Crippen LogP contribution is 2.26. The van der Waals surface area contributed by atoms with E-state index in [9.17, 15) is 5.11 Å². The summed E-state index contributed by atoms with van der Waals surface area (Å²) in [5, 5.41) is 13.6. The van der Waals surface area contributed by atoms with Gasteiger partial charge in [0.15, 0.2) is 0 Å². The van der Waals surface area contributed by atoms with Gasteiger partial charge in [0.2, 0.25) is 0 Å². The molecule has 0 heterocycles. The van der Waals surface area contributed by atoms with Gasteiger partial charge in [0.25, 0.3) is 0 Å². The second kappa shape index (κ2) is 8.23. The second-order valence-corrected chi connectivity index (χ2v) is 4.51. The lowest BCUT2D eigenvalue weighted by Crippen LogP contribution is -2.31. The van der Waals surface area contributed by atoms with Crippen LogP contribution in [0.4, 0.5) is 0 Å². The zero-order valence-corrected chi connectivity index (χ0v) is 11.3. The first-order chi connectivity index (χ1) is 8.63. The van der Waals surface area contributed by atoms with Gasteiger partial charge in [-0.05, 0) is 12.1 Å². The molecule has 98 valence electrons. The average molecular weight is 288 g/mol. The number of benzene rings is 1. The summed E-state index contributed by atoms with van der Waals surface area (Å²) >= 11 is 11.6. The Labute approximate surface area is 117 Å². The van der Waals surface area contributed by atoms with Crippen LogP contribution in [0.2, 0.25) is 10.0 Å². The first kappa shape index (κ1) is 15.1. The van der Waals surface area contributed by atoms with Gasteiger partial charge in [-0.2, -0.15) is 0 Å². The number of aliphatic hydroxyl groups is 1. The molecule has 0 radical (unpaired) electrons. The van der Waals surface area contributed by atoms with Crippen molar-refractivity contribution in [1.29, 1.82) is 0 Å². The molecule has 2 N–H and O–H groups in total. The molecule has 0 saturated heterocycles. The maximum absolute atomic E-state index is 9.64. The molecule has 0 aliphatic carbocycles. The van der Waals surface area contributed by atoms with Gasteiger partial charge in [-0.15, -0.1) is 12.3 Å². The van der Waals surface area contributed by atoms with Crippen molar-refractivity contribution in [2.24, 2.45) is 0 Å². The van der Waals surface area contributed by atoms with Crippen molar-refractivity contribution in [2.75, 3.05) is 19.7 Å². The van der Waals surface area contributed by atoms with Crippen LogP contribution in [0, 0.1) is 12.3 Å². The van der Waals surface area contributed by atoms with Crippen molar-refractivity contribution in [1.82, 2.24) is 5.32 Å². The minimum absolute atomic E-state index is 0.182. The number of hydrogen-bond donors (Lipinski definition) is 2. The highest BCUT2D eigenvalue weighted by Gasteiger charge is 2.06. The van der Waals surface area contributed by atoms with Gasteiger partial charge in [0.05, 0.1) is 10.0 Å². The van der Waals surface area contributed by atoms with Crippen molar-refractivity contribution >= 4 is 23.2 Å². The normalized spacial score (nSPS) is 11.9. The van der Waals surface area contributed by atoms with Crippen LogP contribution in [0.5, 0.6) is 5.75 Å². The highest BCUT2D eigenvalue weighted by molar-refractivity contribution is 6.42. The van der Waals surface area contributed by atoms with Gasteiger partial charge in [0.1, 0.15) is 18.5 Å². The number of aliphatic hydroxyl groups excluding tert-OH is 1. The molecule has 0 aliphatic rings. The lowest BCUT2D eigenvalue weighted by atomic mass is 10.3. The van der Waals surface area contributed by atoms with Crippen LogP contribution in [-0.2, 0) is 0 Å². The van der Waals surface area contributed by atoms with Crippen LogP contribution in [0.15, 0.2) is 18.2 Å². The monoisotopic (exact) mass is 287 g/mol. The minimum Gasteiger partial charge on any atom is -0.491 e. The van der Waals surface area contributed by atoms with Gasteiger partial charge in [-0.25, -0.2) is 0 Å². The molecule has 1 aromatic carbocycles. The Hall–Kier alpha value is -0.920. The predicted molar refractivity (Wildman–Crippen MR) is 74.3 cm³/mol. The molecular weight excluding hydrogens is 273 g/mol. The third-order valence-corrected chi connectivity index (χ3v) is 2.90. The number of halogens is 2. The molecule has 0 aromatic heterocycles. The summed E-state index contributed by atoms with van der Waals surface area (Å²) in [5.41, 5.74) is 0. The minimum atomic E-state index is -0.600. The smallest absolute Gasteiger partial charge is 0.121 e. The average Bonchev–Trinajstić information content (AvgIpc) is 2.36. The van der Waals surface area contributed by atoms with Crippen LogP contribution in [0.1, 0.15) is 6.42 Å². The Morgan fingerprint density at radius 3 is 2.83 bits per heavy atom. The third kappa shape index (κ3) is 5.61. The van der Waals surface area contributed by atoms with E-state index in [-0.39, 0.29) is 6.61 Å². The van der Waals surface area contributed by atoms with Gasteiger partial charge in [-0.1, -0.05) is 23.2 Å². The molecule has 0 aliphatic heterocycles. The van der Waals surface area contributed by atoms with E-state index in [1.54, 1.807) is 18.2 Å². The summed E-state index contributed by atoms with van der Waals surface area (Å²) < 4.78 is 5.39. The lowest BCUT2D eigenvalue weighted by molar-refractivity contribution is 0.107. The fourth-order valence-electron chi connectivity index (χ4n) is 1.25. The fraction of sp³-hybridized carbons (Fsp3) is 0.385. The number of rotatable bonds is 7. The van der Waals surface area contributed by atoms with E-state index in [0.717, 1.165) is 0 Å². The molecule has 0 bridgehead atoms. The predicted octanol–water partition coefficient (Wildman–Crippen LogP) is 2.35. The molecule has 0 spiro atoms. The van der Waals surface area contributed by atoms with E-state index in [1.807, 2.05) is 0 Å². The third-order valence-electron chi connectivity index (χ3n) is 2.16. The summed E-state index contributed by atoms with van der Waals surface area (Å²) in [6, 6.07) is 4.96. The van der Waals surface area contributed by atoms with E-state index < -0.39 is 6.10 Å². The summed E-state index contributed by atoms with van der Waals surface area (Å²) in [5.74, 6) is 3.08. The quantitative estimate of drug-likeness (QED) is 0.598. The second-order valence-electron chi connectivity index (χ2n) is 3.70. The van der Waals surface area contributed by atoms with Crippen molar-refractivity contribution in [2.45, 2.75) is 12.5 Å². The lowest BCUT2D eigenvalue weighted by Gasteiger charge is -2.13. The molecule has 3 nitrogen and oxygen atoms in total. The van der Waals surface area contributed by atoms with E-state index in [2.05, 4.69) is 11.2 Å². The standard InChI is InChI=1S/C13H15Cl2NO2/c1-2-3-6-16-8-10(17)9-18-11-4-5-12(14)13(15)7-11/h1,4-5,7,10,16-17H,3,6,8-9H2. The first-order valence-electron chi connectivity index (χ1n) is 5.53. The Bertz CT molecular complexity index is 418. The van der Waals surface area contributed by atoms with Gasteiger partial charge in [-0.3, -0.25) is 0 Å². The topological polar surface area (TPSA) is 41.5 Å². The first-order valence-corrected chi connectivity index (χ1v) is 6.29. The van der Waals surface area contributed by atoms with Crippen molar-refractivity contribution in [3.05, 3.63) is 28.2 Å². The molecular formula is C13H15Cl2NO2. The van der Waals surface area contributed by atoms with Crippen LogP contribution in [0.3, 0.4) is 0 Å². The Morgan fingerprint density at radius 2 is 2.17 bits per heavy atom. The van der Waals surface area contributed by atoms with E-state index in [1.165, 1.54) is 0 Å². The maximum atomic E-state index is 9.64. The number of ether oxygens (including phenoxy) is 1. The maximum Gasteiger partial charge on any atom is 0.121 e. The van der Waals surface area contributed by atoms with Gasteiger partial charge < -0.3 is 15.2 Å². The van der Waals surface area contributed by atoms with E-state index >= 15 is 0 Å². The molecule has 0 fully saturated rings. The summed E-state index contributed by atoms with van der Waals surface area (Å²) in [6.45, 7) is 1.30. The molecule has 18 heavy (non-hydrogen) atoms. The molecule has 1 atom stereocenters. The van der Waals surface area contributed by atoms with Crippen molar-refractivity contribution < 1.29 is 9.84 Å². The number of hydrogen-bond acceptors (Lipinski definition) is 3. The van der Waals surface area contributed by atoms with E-state index in [4.69, 9.17) is 34.4 Å². The summed E-state index contributed by atoms with van der Waals surface area (Å²) in [4.78, 5) is 0. The molecule has 5 heteroatoms.